The lowest BCUT2D eigenvalue weighted by Crippen LogP contribution is -2.42. The Kier molecular flexibility index (Phi) is 4.16. The van der Waals surface area contributed by atoms with Gasteiger partial charge in [-0.1, -0.05) is 25.1 Å². The van der Waals surface area contributed by atoms with Gasteiger partial charge in [0.2, 0.25) is 0 Å². The molecule has 2 aromatic rings. The molecule has 1 saturated heterocycles. The fraction of sp³-hybridized carbons (Fsp3) is 0.542. The molecule has 3 fully saturated rings. The molecule has 148 valence electrons. The Hall–Kier alpha value is -2.07. The Labute approximate surface area is 167 Å². The largest absolute Gasteiger partial charge is 0.496 e. The average Bonchev–Trinajstić information content (AvgIpc) is 3.36. The maximum absolute atomic E-state index is 6.41. The first-order valence-electron chi connectivity index (χ1n) is 10.5. The number of hydrogen-bond donors (Lipinski definition) is 0. The molecule has 28 heavy (non-hydrogen) atoms. The number of fused-ring (bicyclic) bond motifs is 1. The Balaban J connectivity index is 1.49. The molecule has 5 rings (SSSR count). The van der Waals surface area contributed by atoms with E-state index in [2.05, 4.69) is 41.3 Å². The minimum absolute atomic E-state index is 0.183. The molecule has 2 bridgehead atoms. The summed E-state index contributed by atoms with van der Waals surface area (Å²) in [6.45, 7) is 10.5. The van der Waals surface area contributed by atoms with Crippen LogP contribution >= 0.6 is 0 Å². The highest BCUT2D eigenvalue weighted by molar-refractivity contribution is 5.40. The summed E-state index contributed by atoms with van der Waals surface area (Å²) in [5.41, 5.74) is 4.36. The standard InChI is InChI=1S/C24H30N2O2/c1-15-16(2)24-7-10-28-23(21(24)12-19(15)13-24)18-5-6-22(27-4)20(11-18)14-26-9-8-25-17(26)3/h5-6,8-9,11,16,19,21,23H,1,7,10,12-14H2,2-4H3/t16-,19-,21-,23-,24?/m1/s1. The molecular weight excluding hydrogens is 348 g/mol. The van der Waals surface area contributed by atoms with Crippen molar-refractivity contribution in [2.75, 3.05) is 13.7 Å². The third-order valence-electron chi connectivity index (χ3n) is 7.97. The quantitative estimate of drug-likeness (QED) is 0.708. The van der Waals surface area contributed by atoms with Gasteiger partial charge in [-0.2, -0.15) is 0 Å². The fourth-order valence-corrected chi connectivity index (χ4v) is 6.34. The van der Waals surface area contributed by atoms with Crippen molar-refractivity contribution in [3.05, 3.63) is 59.7 Å². The Bertz CT molecular complexity index is 917. The predicted octanol–water partition coefficient (Wildman–Crippen LogP) is 4.93. The molecule has 3 aliphatic rings. The van der Waals surface area contributed by atoms with Crippen LogP contribution < -0.4 is 4.74 Å². The maximum Gasteiger partial charge on any atom is 0.123 e. The molecule has 1 aliphatic heterocycles. The lowest BCUT2D eigenvalue weighted by molar-refractivity contribution is -0.106. The van der Waals surface area contributed by atoms with Crippen LogP contribution in [0.15, 0.2) is 42.7 Å². The van der Waals surface area contributed by atoms with Crippen LogP contribution in [0.1, 0.15) is 49.2 Å². The fourth-order valence-electron chi connectivity index (χ4n) is 6.34. The summed E-state index contributed by atoms with van der Waals surface area (Å²) in [6, 6.07) is 6.61. The summed E-state index contributed by atoms with van der Waals surface area (Å²) in [5.74, 6) is 3.85. The number of nitrogens with zero attached hydrogens (tertiary/aromatic N) is 2. The van der Waals surface area contributed by atoms with Gasteiger partial charge in [0.15, 0.2) is 0 Å². The normalized spacial score (nSPS) is 33.9. The maximum atomic E-state index is 6.41. The molecule has 0 amide bonds. The number of allylic oxidation sites excluding steroid dienone is 1. The van der Waals surface area contributed by atoms with E-state index in [0.717, 1.165) is 24.7 Å². The van der Waals surface area contributed by atoms with E-state index >= 15 is 0 Å². The first kappa shape index (κ1) is 18.0. The second kappa shape index (κ2) is 6.48. The van der Waals surface area contributed by atoms with Crippen molar-refractivity contribution in [2.45, 2.75) is 45.8 Å². The number of aryl methyl sites for hydroxylation is 1. The topological polar surface area (TPSA) is 36.3 Å². The first-order chi connectivity index (χ1) is 13.5. The van der Waals surface area contributed by atoms with Gasteiger partial charge in [0.25, 0.3) is 0 Å². The smallest absolute Gasteiger partial charge is 0.123 e. The van der Waals surface area contributed by atoms with Crippen molar-refractivity contribution >= 4 is 0 Å². The molecule has 2 heterocycles. The molecule has 0 radical (unpaired) electrons. The van der Waals surface area contributed by atoms with Gasteiger partial charge in [-0.15, -0.1) is 0 Å². The van der Waals surface area contributed by atoms with Crippen LogP contribution in [0.3, 0.4) is 0 Å². The number of benzene rings is 1. The molecule has 1 spiro atoms. The lowest BCUT2D eigenvalue weighted by atomic mass is 9.62. The van der Waals surface area contributed by atoms with Crippen LogP contribution in [-0.2, 0) is 11.3 Å². The van der Waals surface area contributed by atoms with Crippen LogP contribution in [0.25, 0.3) is 0 Å². The molecule has 2 saturated carbocycles. The van der Waals surface area contributed by atoms with Crippen molar-refractivity contribution in [2.24, 2.45) is 23.2 Å². The summed E-state index contributed by atoms with van der Waals surface area (Å²) >= 11 is 0. The van der Waals surface area contributed by atoms with E-state index in [4.69, 9.17) is 9.47 Å². The van der Waals surface area contributed by atoms with Gasteiger partial charge < -0.3 is 14.0 Å². The molecule has 2 aliphatic carbocycles. The van der Waals surface area contributed by atoms with Crippen molar-refractivity contribution in [1.29, 1.82) is 0 Å². The Morgan fingerprint density at radius 1 is 1.39 bits per heavy atom. The van der Waals surface area contributed by atoms with Crippen molar-refractivity contribution in [1.82, 2.24) is 9.55 Å². The molecule has 4 nitrogen and oxygen atoms in total. The number of aromatic nitrogens is 2. The van der Waals surface area contributed by atoms with Gasteiger partial charge in [-0.3, -0.25) is 0 Å². The van der Waals surface area contributed by atoms with Gasteiger partial charge in [-0.05, 0) is 67.1 Å². The SMILES string of the molecule is C=C1[C@@H]2C[C@@H]3[C@@H](c4ccc(OC)c(Cn5ccnc5C)c4)OCCC3(C2)[C@@H]1C. The van der Waals surface area contributed by atoms with E-state index in [1.807, 2.05) is 19.3 Å². The summed E-state index contributed by atoms with van der Waals surface area (Å²) in [6.07, 6.45) is 7.79. The molecule has 1 unspecified atom stereocenters. The van der Waals surface area contributed by atoms with E-state index in [-0.39, 0.29) is 6.10 Å². The zero-order valence-corrected chi connectivity index (χ0v) is 17.1. The molecule has 4 heteroatoms. The van der Waals surface area contributed by atoms with Crippen LogP contribution in [0, 0.1) is 30.1 Å². The third kappa shape index (κ3) is 2.50. The second-order valence-electron chi connectivity index (χ2n) is 8.99. The Morgan fingerprint density at radius 3 is 2.96 bits per heavy atom. The molecule has 1 aromatic heterocycles. The average molecular weight is 379 g/mol. The van der Waals surface area contributed by atoms with E-state index < -0.39 is 0 Å². The molecule has 1 aromatic carbocycles. The number of imidazole rings is 1. The summed E-state index contributed by atoms with van der Waals surface area (Å²) < 4.78 is 14.2. The minimum atomic E-state index is 0.183. The number of methoxy groups -OCH3 is 1. The highest BCUT2D eigenvalue weighted by atomic mass is 16.5. The van der Waals surface area contributed by atoms with E-state index in [0.29, 0.717) is 23.2 Å². The van der Waals surface area contributed by atoms with Crippen molar-refractivity contribution in [3.63, 3.8) is 0 Å². The monoisotopic (exact) mass is 378 g/mol. The second-order valence-corrected chi connectivity index (χ2v) is 8.99. The third-order valence-corrected chi connectivity index (χ3v) is 7.97. The number of hydrogen-bond acceptors (Lipinski definition) is 3. The van der Waals surface area contributed by atoms with Gasteiger partial charge in [-0.25, -0.2) is 4.98 Å². The summed E-state index contributed by atoms with van der Waals surface area (Å²) in [4.78, 5) is 4.35. The van der Waals surface area contributed by atoms with E-state index in [1.165, 1.54) is 36.0 Å². The van der Waals surface area contributed by atoms with Gasteiger partial charge in [0.1, 0.15) is 11.6 Å². The van der Waals surface area contributed by atoms with Crippen LogP contribution in [0.2, 0.25) is 0 Å². The zero-order valence-electron chi connectivity index (χ0n) is 17.1. The minimum Gasteiger partial charge on any atom is -0.496 e. The van der Waals surface area contributed by atoms with Crippen LogP contribution in [-0.4, -0.2) is 23.3 Å². The molecule has 0 N–H and O–H groups in total. The van der Waals surface area contributed by atoms with E-state index in [9.17, 15) is 0 Å². The zero-order chi connectivity index (χ0) is 19.5. The van der Waals surface area contributed by atoms with Gasteiger partial charge >= 0.3 is 0 Å². The van der Waals surface area contributed by atoms with Crippen LogP contribution in [0.4, 0.5) is 0 Å². The Morgan fingerprint density at radius 2 is 2.25 bits per heavy atom. The highest BCUT2D eigenvalue weighted by Gasteiger charge is 2.61. The predicted molar refractivity (Wildman–Crippen MR) is 109 cm³/mol. The van der Waals surface area contributed by atoms with Crippen LogP contribution in [0.5, 0.6) is 5.75 Å². The lowest BCUT2D eigenvalue weighted by Gasteiger charge is -2.48. The molecule has 5 atom stereocenters. The number of ether oxygens (including phenoxy) is 2. The number of rotatable bonds is 4. The van der Waals surface area contributed by atoms with Crippen molar-refractivity contribution < 1.29 is 9.47 Å². The van der Waals surface area contributed by atoms with Crippen molar-refractivity contribution in [3.8, 4) is 5.75 Å². The van der Waals surface area contributed by atoms with Gasteiger partial charge in [0, 0.05) is 24.6 Å². The summed E-state index contributed by atoms with van der Waals surface area (Å²) in [7, 11) is 1.74. The van der Waals surface area contributed by atoms with Gasteiger partial charge in [0.05, 0.1) is 19.8 Å². The highest BCUT2D eigenvalue weighted by Crippen LogP contribution is 2.68. The first-order valence-corrected chi connectivity index (χ1v) is 10.5. The summed E-state index contributed by atoms with van der Waals surface area (Å²) in [5, 5.41) is 0. The van der Waals surface area contributed by atoms with E-state index in [1.54, 1.807) is 7.11 Å². The molecular formula is C24H30N2O2.